The number of rotatable bonds is 3. The molecule has 1 aromatic carbocycles. The van der Waals surface area contributed by atoms with Gasteiger partial charge in [0.1, 0.15) is 5.54 Å². The van der Waals surface area contributed by atoms with Crippen LogP contribution < -0.4 is 5.32 Å². The number of benzene rings is 1. The molecule has 0 atom stereocenters. The predicted octanol–water partition coefficient (Wildman–Crippen LogP) is 1.44. The summed E-state index contributed by atoms with van der Waals surface area (Å²) in [5.41, 5.74) is 0.498. The fraction of sp³-hybridized carbons (Fsp3) is 0.462. The van der Waals surface area contributed by atoms with Crippen LogP contribution in [0.3, 0.4) is 0 Å². The standard InChI is InChI=1S/C13H17NO4S/c1-10-4-2-3-5-11(10)14-13(12(15)16)6-8-19(17,18)9-7-13/h2-5,14H,6-9H2,1H3,(H,15,16). The van der Waals surface area contributed by atoms with Crippen LogP contribution in [0.15, 0.2) is 24.3 Å². The Morgan fingerprint density at radius 2 is 1.84 bits per heavy atom. The van der Waals surface area contributed by atoms with Crippen molar-refractivity contribution in [2.45, 2.75) is 25.3 Å². The Labute approximate surface area is 112 Å². The van der Waals surface area contributed by atoms with Gasteiger partial charge in [0.05, 0.1) is 11.5 Å². The molecule has 2 rings (SSSR count). The fourth-order valence-electron chi connectivity index (χ4n) is 2.25. The van der Waals surface area contributed by atoms with E-state index in [4.69, 9.17) is 0 Å². The van der Waals surface area contributed by atoms with E-state index in [2.05, 4.69) is 5.32 Å². The highest BCUT2D eigenvalue weighted by Crippen LogP contribution is 2.29. The Morgan fingerprint density at radius 1 is 1.26 bits per heavy atom. The Morgan fingerprint density at radius 3 is 2.37 bits per heavy atom. The van der Waals surface area contributed by atoms with Gasteiger partial charge in [-0.05, 0) is 31.4 Å². The van der Waals surface area contributed by atoms with Crippen LogP contribution >= 0.6 is 0 Å². The van der Waals surface area contributed by atoms with Crippen molar-refractivity contribution in [3.8, 4) is 0 Å². The summed E-state index contributed by atoms with van der Waals surface area (Å²) >= 11 is 0. The third kappa shape index (κ3) is 2.89. The lowest BCUT2D eigenvalue weighted by Crippen LogP contribution is -2.52. The number of aryl methyl sites for hydroxylation is 1. The van der Waals surface area contributed by atoms with Crippen molar-refractivity contribution >= 4 is 21.5 Å². The lowest BCUT2D eigenvalue weighted by molar-refractivity contribution is -0.142. The van der Waals surface area contributed by atoms with Crippen molar-refractivity contribution in [3.05, 3.63) is 29.8 Å². The first-order chi connectivity index (χ1) is 8.85. The SMILES string of the molecule is Cc1ccccc1NC1(C(=O)O)CCS(=O)(=O)CC1. The number of carboxylic acid groups (broad SMARTS) is 1. The number of para-hydroxylation sites is 1. The molecule has 0 unspecified atom stereocenters. The summed E-state index contributed by atoms with van der Waals surface area (Å²) in [6.45, 7) is 1.89. The molecule has 19 heavy (non-hydrogen) atoms. The highest BCUT2D eigenvalue weighted by atomic mass is 32.2. The van der Waals surface area contributed by atoms with Crippen molar-refractivity contribution in [2.24, 2.45) is 0 Å². The molecule has 0 aliphatic carbocycles. The molecular formula is C13H17NO4S. The Hall–Kier alpha value is -1.56. The lowest BCUT2D eigenvalue weighted by atomic mass is 9.91. The summed E-state index contributed by atoms with van der Waals surface area (Å²) in [6.07, 6.45) is 0.192. The molecule has 2 N–H and O–H groups in total. The third-order valence-corrected chi connectivity index (χ3v) is 5.26. The molecule has 0 amide bonds. The number of nitrogens with one attached hydrogen (secondary N) is 1. The number of sulfone groups is 1. The zero-order valence-corrected chi connectivity index (χ0v) is 11.5. The van der Waals surface area contributed by atoms with Crippen LogP contribution in [-0.2, 0) is 14.6 Å². The average Bonchev–Trinajstić information content (AvgIpc) is 2.34. The summed E-state index contributed by atoms with van der Waals surface area (Å²) in [5.74, 6) is -1.17. The van der Waals surface area contributed by atoms with Crippen LogP contribution in [0.25, 0.3) is 0 Å². The van der Waals surface area contributed by atoms with Gasteiger partial charge in [-0.15, -0.1) is 0 Å². The molecule has 0 spiro atoms. The molecule has 0 radical (unpaired) electrons. The quantitative estimate of drug-likeness (QED) is 0.877. The number of aliphatic carboxylic acids is 1. The number of hydrogen-bond acceptors (Lipinski definition) is 4. The van der Waals surface area contributed by atoms with Crippen molar-refractivity contribution in [1.82, 2.24) is 0 Å². The number of anilines is 1. The Kier molecular flexibility index (Phi) is 3.54. The van der Waals surface area contributed by atoms with Gasteiger partial charge in [0.25, 0.3) is 0 Å². The molecule has 5 nitrogen and oxygen atoms in total. The van der Waals surface area contributed by atoms with E-state index in [-0.39, 0.29) is 24.3 Å². The van der Waals surface area contributed by atoms with E-state index >= 15 is 0 Å². The highest BCUT2D eigenvalue weighted by Gasteiger charge is 2.43. The molecule has 0 aromatic heterocycles. The van der Waals surface area contributed by atoms with Crippen LogP contribution in [0.1, 0.15) is 18.4 Å². The van der Waals surface area contributed by atoms with E-state index in [1.165, 1.54) is 0 Å². The predicted molar refractivity (Wildman–Crippen MR) is 73.1 cm³/mol. The molecule has 1 aromatic rings. The summed E-state index contributed by atoms with van der Waals surface area (Å²) in [7, 11) is -3.09. The van der Waals surface area contributed by atoms with Gasteiger partial charge in [0.15, 0.2) is 9.84 Å². The van der Waals surface area contributed by atoms with Crippen LogP contribution in [0.2, 0.25) is 0 Å². The maximum Gasteiger partial charge on any atom is 0.329 e. The van der Waals surface area contributed by atoms with Gasteiger partial charge in [-0.25, -0.2) is 13.2 Å². The van der Waals surface area contributed by atoms with Gasteiger partial charge < -0.3 is 10.4 Å². The largest absolute Gasteiger partial charge is 0.480 e. The van der Waals surface area contributed by atoms with Gasteiger partial charge in [0, 0.05) is 5.69 Å². The minimum atomic E-state index is -3.09. The smallest absolute Gasteiger partial charge is 0.329 e. The summed E-state index contributed by atoms with van der Waals surface area (Å²) in [6, 6.07) is 7.39. The topological polar surface area (TPSA) is 83.5 Å². The van der Waals surface area contributed by atoms with Gasteiger partial charge >= 0.3 is 5.97 Å². The van der Waals surface area contributed by atoms with Crippen molar-refractivity contribution in [3.63, 3.8) is 0 Å². The van der Waals surface area contributed by atoms with Crippen LogP contribution in [0, 0.1) is 6.92 Å². The van der Waals surface area contributed by atoms with Crippen LogP contribution in [-0.4, -0.2) is 36.5 Å². The second-order valence-corrected chi connectivity index (χ2v) is 7.28. The second kappa shape index (κ2) is 4.85. The second-order valence-electron chi connectivity index (χ2n) is 4.98. The minimum absolute atomic E-state index is 0.0851. The summed E-state index contributed by atoms with van der Waals surface area (Å²) < 4.78 is 22.9. The third-order valence-electron chi connectivity index (χ3n) is 3.61. The normalized spacial score (nSPS) is 20.7. The van der Waals surface area contributed by atoms with E-state index < -0.39 is 21.3 Å². The van der Waals surface area contributed by atoms with E-state index in [0.29, 0.717) is 0 Å². The van der Waals surface area contributed by atoms with Crippen molar-refractivity contribution in [2.75, 3.05) is 16.8 Å². The Balaban J connectivity index is 2.28. The van der Waals surface area contributed by atoms with Crippen LogP contribution in [0.4, 0.5) is 5.69 Å². The molecule has 1 heterocycles. The van der Waals surface area contributed by atoms with E-state index in [1.54, 1.807) is 0 Å². The molecular weight excluding hydrogens is 266 g/mol. The number of carbonyl (C=O) groups is 1. The molecule has 104 valence electrons. The molecule has 1 saturated heterocycles. The van der Waals surface area contributed by atoms with Gasteiger partial charge in [-0.3, -0.25) is 0 Å². The molecule has 0 saturated carbocycles. The monoisotopic (exact) mass is 283 g/mol. The van der Waals surface area contributed by atoms with E-state index in [1.807, 2.05) is 31.2 Å². The van der Waals surface area contributed by atoms with Crippen molar-refractivity contribution in [1.29, 1.82) is 0 Å². The molecule has 1 aliphatic heterocycles. The Bertz CT molecular complexity index is 580. The lowest BCUT2D eigenvalue weighted by Gasteiger charge is -2.35. The van der Waals surface area contributed by atoms with E-state index in [9.17, 15) is 18.3 Å². The summed E-state index contributed by atoms with van der Waals surface area (Å²) in [4.78, 5) is 11.5. The molecule has 6 heteroatoms. The van der Waals surface area contributed by atoms with Gasteiger partial charge in [-0.1, -0.05) is 18.2 Å². The van der Waals surface area contributed by atoms with Crippen molar-refractivity contribution < 1.29 is 18.3 Å². The minimum Gasteiger partial charge on any atom is -0.480 e. The molecule has 1 fully saturated rings. The maximum absolute atomic E-state index is 11.5. The average molecular weight is 283 g/mol. The first-order valence-corrected chi connectivity index (χ1v) is 7.94. The first-order valence-electron chi connectivity index (χ1n) is 6.12. The van der Waals surface area contributed by atoms with Gasteiger partial charge in [-0.2, -0.15) is 0 Å². The number of carboxylic acids is 1. The number of hydrogen-bond donors (Lipinski definition) is 2. The zero-order chi connectivity index (χ0) is 14.1. The van der Waals surface area contributed by atoms with Gasteiger partial charge in [0.2, 0.25) is 0 Å². The summed E-state index contributed by atoms with van der Waals surface area (Å²) in [5, 5.41) is 12.5. The van der Waals surface area contributed by atoms with Crippen LogP contribution in [0.5, 0.6) is 0 Å². The highest BCUT2D eigenvalue weighted by molar-refractivity contribution is 7.91. The first kappa shape index (κ1) is 13.9. The zero-order valence-electron chi connectivity index (χ0n) is 10.7. The fourth-order valence-corrected chi connectivity index (χ4v) is 3.77. The molecule has 1 aliphatic rings. The molecule has 0 bridgehead atoms. The maximum atomic E-state index is 11.5. The van der Waals surface area contributed by atoms with E-state index in [0.717, 1.165) is 11.3 Å².